The third-order valence-electron chi connectivity index (χ3n) is 3.41. The van der Waals surface area contributed by atoms with Crippen molar-refractivity contribution in [3.05, 3.63) is 64.7 Å². The van der Waals surface area contributed by atoms with E-state index < -0.39 is 0 Å². The molecular weight excluding hydrogens is 234 g/mol. The molecule has 2 rings (SSSR count). The van der Waals surface area contributed by atoms with Gasteiger partial charge in [-0.05, 0) is 30.0 Å². The monoisotopic (exact) mass is 253 g/mol. The van der Waals surface area contributed by atoms with Gasteiger partial charge in [0, 0.05) is 16.8 Å². The highest BCUT2D eigenvalue weighted by Crippen LogP contribution is 2.21. The SMILES string of the molecule is Cc1cccc(C(=O)c2ccc(C(C)C)cc2)c1N. The number of anilines is 1. The molecule has 0 saturated heterocycles. The van der Waals surface area contributed by atoms with Crippen LogP contribution in [-0.4, -0.2) is 5.78 Å². The molecule has 0 aliphatic carbocycles. The lowest BCUT2D eigenvalue weighted by molar-refractivity contribution is 0.103. The molecule has 0 saturated carbocycles. The van der Waals surface area contributed by atoms with Crippen molar-refractivity contribution in [2.45, 2.75) is 26.7 Å². The number of carbonyl (C=O) groups excluding carboxylic acids is 1. The van der Waals surface area contributed by atoms with Gasteiger partial charge in [0.2, 0.25) is 0 Å². The molecular formula is C17H19NO. The Morgan fingerprint density at radius 3 is 2.26 bits per heavy atom. The summed E-state index contributed by atoms with van der Waals surface area (Å²) in [5, 5.41) is 0. The van der Waals surface area contributed by atoms with Crippen molar-refractivity contribution in [2.75, 3.05) is 5.73 Å². The Kier molecular flexibility index (Phi) is 3.70. The van der Waals surface area contributed by atoms with Gasteiger partial charge in [0.25, 0.3) is 0 Å². The average molecular weight is 253 g/mol. The number of nitrogens with two attached hydrogens (primary N) is 1. The summed E-state index contributed by atoms with van der Waals surface area (Å²) in [4.78, 5) is 12.4. The van der Waals surface area contributed by atoms with E-state index in [1.54, 1.807) is 6.07 Å². The first-order valence-corrected chi connectivity index (χ1v) is 6.50. The molecule has 0 aliphatic heterocycles. The number of nitrogen functional groups attached to an aromatic ring is 1. The summed E-state index contributed by atoms with van der Waals surface area (Å²) in [5.74, 6) is 0.449. The van der Waals surface area contributed by atoms with Crippen LogP contribution >= 0.6 is 0 Å². The van der Waals surface area contributed by atoms with Crippen LogP contribution in [0.2, 0.25) is 0 Å². The summed E-state index contributed by atoms with van der Waals surface area (Å²) in [6, 6.07) is 13.3. The third-order valence-corrected chi connectivity index (χ3v) is 3.41. The molecule has 2 N–H and O–H groups in total. The van der Waals surface area contributed by atoms with Crippen molar-refractivity contribution in [2.24, 2.45) is 0 Å². The zero-order chi connectivity index (χ0) is 14.0. The second-order valence-corrected chi connectivity index (χ2v) is 5.14. The number of para-hydroxylation sites is 1. The van der Waals surface area contributed by atoms with Crippen LogP contribution < -0.4 is 5.73 Å². The predicted octanol–water partition coefficient (Wildman–Crippen LogP) is 3.93. The van der Waals surface area contributed by atoms with E-state index in [1.165, 1.54) is 5.56 Å². The fourth-order valence-corrected chi connectivity index (χ4v) is 2.05. The number of benzene rings is 2. The number of hydrogen-bond donors (Lipinski definition) is 1. The molecule has 0 amide bonds. The lowest BCUT2D eigenvalue weighted by atomic mass is 9.96. The second-order valence-electron chi connectivity index (χ2n) is 5.14. The molecule has 0 unspecified atom stereocenters. The number of aryl methyl sites for hydroxylation is 1. The largest absolute Gasteiger partial charge is 0.398 e. The van der Waals surface area contributed by atoms with E-state index in [1.807, 2.05) is 43.3 Å². The van der Waals surface area contributed by atoms with Crippen LogP contribution in [0.4, 0.5) is 5.69 Å². The van der Waals surface area contributed by atoms with Crippen LogP contribution in [0, 0.1) is 6.92 Å². The summed E-state index contributed by atoms with van der Waals surface area (Å²) in [6.45, 7) is 6.18. The first-order valence-electron chi connectivity index (χ1n) is 6.50. The highest BCUT2D eigenvalue weighted by atomic mass is 16.1. The number of ketones is 1. The zero-order valence-corrected chi connectivity index (χ0v) is 11.6. The molecule has 0 aliphatic rings. The Hall–Kier alpha value is -2.09. The smallest absolute Gasteiger partial charge is 0.195 e. The average Bonchev–Trinajstić information content (AvgIpc) is 2.41. The summed E-state index contributed by atoms with van der Waals surface area (Å²) in [5.41, 5.74) is 9.98. The van der Waals surface area contributed by atoms with Gasteiger partial charge < -0.3 is 5.73 Å². The Balaban J connectivity index is 2.36. The minimum absolute atomic E-state index is 0.0171. The van der Waals surface area contributed by atoms with Crippen molar-refractivity contribution >= 4 is 11.5 Å². The van der Waals surface area contributed by atoms with E-state index in [4.69, 9.17) is 5.73 Å². The van der Waals surface area contributed by atoms with Crippen molar-refractivity contribution < 1.29 is 4.79 Å². The van der Waals surface area contributed by atoms with Crippen LogP contribution in [0.5, 0.6) is 0 Å². The van der Waals surface area contributed by atoms with E-state index in [0.717, 1.165) is 5.56 Å². The highest BCUT2D eigenvalue weighted by Gasteiger charge is 2.13. The van der Waals surface area contributed by atoms with Gasteiger partial charge in [-0.1, -0.05) is 50.2 Å². The van der Waals surface area contributed by atoms with Crippen LogP contribution in [0.15, 0.2) is 42.5 Å². The van der Waals surface area contributed by atoms with E-state index in [9.17, 15) is 4.79 Å². The molecule has 0 atom stereocenters. The van der Waals surface area contributed by atoms with Gasteiger partial charge >= 0.3 is 0 Å². The highest BCUT2D eigenvalue weighted by molar-refractivity contribution is 6.12. The molecule has 2 heteroatoms. The Morgan fingerprint density at radius 1 is 1.05 bits per heavy atom. The lowest BCUT2D eigenvalue weighted by Crippen LogP contribution is -2.06. The quantitative estimate of drug-likeness (QED) is 0.665. The molecule has 2 nitrogen and oxygen atoms in total. The van der Waals surface area contributed by atoms with Gasteiger partial charge in [0.15, 0.2) is 5.78 Å². The Bertz CT molecular complexity index is 597. The number of carbonyl (C=O) groups is 1. The fraction of sp³-hybridized carbons (Fsp3) is 0.235. The fourth-order valence-electron chi connectivity index (χ4n) is 2.05. The number of rotatable bonds is 3. The van der Waals surface area contributed by atoms with Gasteiger partial charge in [-0.3, -0.25) is 4.79 Å². The summed E-state index contributed by atoms with van der Waals surface area (Å²) < 4.78 is 0. The summed E-state index contributed by atoms with van der Waals surface area (Å²) >= 11 is 0. The molecule has 98 valence electrons. The van der Waals surface area contributed by atoms with Crippen molar-refractivity contribution in [1.29, 1.82) is 0 Å². The summed E-state index contributed by atoms with van der Waals surface area (Å²) in [7, 11) is 0. The minimum atomic E-state index is -0.0171. The molecule has 0 aromatic heterocycles. The first-order chi connectivity index (χ1) is 9.00. The molecule has 0 fully saturated rings. The molecule has 19 heavy (non-hydrogen) atoms. The normalized spacial score (nSPS) is 10.7. The van der Waals surface area contributed by atoms with Gasteiger partial charge in [-0.15, -0.1) is 0 Å². The van der Waals surface area contributed by atoms with Gasteiger partial charge in [-0.2, -0.15) is 0 Å². The maximum atomic E-state index is 12.4. The van der Waals surface area contributed by atoms with E-state index in [-0.39, 0.29) is 5.78 Å². The maximum Gasteiger partial charge on any atom is 0.195 e. The Morgan fingerprint density at radius 2 is 1.68 bits per heavy atom. The minimum Gasteiger partial charge on any atom is -0.398 e. The Labute approximate surface area is 114 Å². The molecule has 0 bridgehead atoms. The predicted molar refractivity (Wildman–Crippen MR) is 79.6 cm³/mol. The van der Waals surface area contributed by atoms with Crippen LogP contribution in [0.25, 0.3) is 0 Å². The zero-order valence-electron chi connectivity index (χ0n) is 11.6. The molecule has 0 radical (unpaired) electrons. The van der Waals surface area contributed by atoms with Crippen molar-refractivity contribution in [3.63, 3.8) is 0 Å². The van der Waals surface area contributed by atoms with Crippen molar-refractivity contribution in [1.82, 2.24) is 0 Å². The van der Waals surface area contributed by atoms with Crippen molar-refractivity contribution in [3.8, 4) is 0 Å². The standard InChI is InChI=1S/C17H19NO/c1-11(2)13-7-9-14(10-8-13)17(19)15-6-4-5-12(3)16(15)18/h4-11H,18H2,1-3H3. The lowest BCUT2D eigenvalue weighted by Gasteiger charge is -2.09. The van der Waals surface area contributed by atoms with Crippen LogP contribution in [0.3, 0.4) is 0 Å². The van der Waals surface area contributed by atoms with Gasteiger partial charge in [-0.25, -0.2) is 0 Å². The van der Waals surface area contributed by atoms with Gasteiger partial charge in [0.1, 0.15) is 0 Å². The molecule has 0 spiro atoms. The van der Waals surface area contributed by atoms with Gasteiger partial charge in [0.05, 0.1) is 0 Å². The number of hydrogen-bond acceptors (Lipinski definition) is 2. The second kappa shape index (κ2) is 5.27. The first kappa shape index (κ1) is 13.3. The topological polar surface area (TPSA) is 43.1 Å². The van der Waals surface area contributed by atoms with E-state index in [0.29, 0.717) is 22.7 Å². The maximum absolute atomic E-state index is 12.4. The van der Waals surface area contributed by atoms with E-state index in [2.05, 4.69) is 13.8 Å². The summed E-state index contributed by atoms with van der Waals surface area (Å²) in [6.07, 6.45) is 0. The molecule has 0 heterocycles. The van der Waals surface area contributed by atoms with Crippen LogP contribution in [-0.2, 0) is 0 Å². The molecule has 2 aromatic carbocycles. The van der Waals surface area contributed by atoms with E-state index >= 15 is 0 Å². The van der Waals surface area contributed by atoms with Crippen LogP contribution in [0.1, 0.15) is 46.8 Å². The molecule has 2 aromatic rings. The third kappa shape index (κ3) is 2.68.